The molecule has 5 rings (SSSR count). The molecule has 3 aliphatic rings. The molecule has 3 heterocycles. The highest BCUT2D eigenvalue weighted by molar-refractivity contribution is 5.94. The number of amides is 2. The fraction of sp³-hybridized carbons (Fsp3) is 0.391. The van der Waals surface area contributed by atoms with E-state index >= 15 is 0 Å². The lowest BCUT2D eigenvalue weighted by atomic mass is 9.83. The van der Waals surface area contributed by atoms with Crippen LogP contribution in [0.1, 0.15) is 35.2 Å². The first-order valence-corrected chi connectivity index (χ1v) is 10.3. The number of piperidine rings is 2. The number of carbonyl (C=O) groups is 2. The third-order valence-corrected chi connectivity index (χ3v) is 6.32. The van der Waals surface area contributed by atoms with Crippen LogP contribution in [0, 0.1) is 11.7 Å². The average Bonchev–Trinajstić information content (AvgIpc) is 3.23. The van der Waals surface area contributed by atoms with Gasteiger partial charge in [0.25, 0.3) is 5.91 Å². The molecule has 0 aromatic heterocycles. The lowest BCUT2D eigenvalue weighted by molar-refractivity contribution is -0.141. The van der Waals surface area contributed by atoms with Crippen molar-refractivity contribution < 1.29 is 23.5 Å². The second-order valence-electron chi connectivity index (χ2n) is 8.10. The Balaban J connectivity index is 1.30. The SMILES string of the molecule is O=C(c1ccccc1F)N1CC[C@H]2[C@H](CCC(=O)N2Cc2ccc3c(c2)OCO3)C1. The van der Waals surface area contributed by atoms with Gasteiger partial charge in [0, 0.05) is 32.1 Å². The Kier molecular flexibility index (Phi) is 4.81. The predicted octanol–water partition coefficient (Wildman–Crippen LogP) is 3.21. The molecule has 30 heavy (non-hydrogen) atoms. The minimum absolute atomic E-state index is 0.0846. The minimum Gasteiger partial charge on any atom is -0.454 e. The minimum atomic E-state index is -0.493. The molecular formula is C23H23FN2O4. The van der Waals surface area contributed by atoms with E-state index in [4.69, 9.17) is 9.47 Å². The van der Waals surface area contributed by atoms with E-state index in [-0.39, 0.29) is 36.1 Å². The van der Waals surface area contributed by atoms with Crippen LogP contribution in [-0.4, -0.2) is 47.5 Å². The summed E-state index contributed by atoms with van der Waals surface area (Å²) < 4.78 is 24.9. The lowest BCUT2D eigenvalue weighted by Crippen LogP contribution is -2.56. The van der Waals surface area contributed by atoms with Crippen LogP contribution in [0.2, 0.25) is 0 Å². The van der Waals surface area contributed by atoms with E-state index in [1.807, 2.05) is 23.1 Å². The largest absolute Gasteiger partial charge is 0.454 e. The van der Waals surface area contributed by atoms with Crippen LogP contribution >= 0.6 is 0 Å². The standard InChI is InChI=1S/C23H23FN2O4/c24-18-4-2-1-3-17(18)23(28)25-10-9-19-16(13-25)6-8-22(27)26(19)12-15-5-7-20-21(11-15)30-14-29-20/h1-5,7,11,16,19H,6,8-10,12-14H2/t16-,19+/m1/s1. The molecule has 0 spiro atoms. The molecule has 0 unspecified atom stereocenters. The summed E-state index contributed by atoms with van der Waals surface area (Å²) in [6.07, 6.45) is 1.91. The number of nitrogens with zero attached hydrogens (tertiary/aromatic N) is 2. The van der Waals surface area contributed by atoms with Gasteiger partial charge < -0.3 is 19.3 Å². The van der Waals surface area contributed by atoms with Gasteiger partial charge in [-0.25, -0.2) is 4.39 Å². The number of rotatable bonds is 3. The van der Waals surface area contributed by atoms with E-state index < -0.39 is 5.82 Å². The van der Waals surface area contributed by atoms with Crippen molar-refractivity contribution in [3.05, 3.63) is 59.4 Å². The van der Waals surface area contributed by atoms with Crippen molar-refractivity contribution in [3.8, 4) is 11.5 Å². The monoisotopic (exact) mass is 410 g/mol. The summed E-state index contributed by atoms with van der Waals surface area (Å²) in [6, 6.07) is 11.9. The van der Waals surface area contributed by atoms with Gasteiger partial charge in [0.05, 0.1) is 5.56 Å². The van der Waals surface area contributed by atoms with Gasteiger partial charge in [0.2, 0.25) is 12.7 Å². The topological polar surface area (TPSA) is 59.1 Å². The van der Waals surface area contributed by atoms with Crippen LogP contribution in [0.25, 0.3) is 0 Å². The molecule has 0 N–H and O–H groups in total. The highest BCUT2D eigenvalue weighted by Gasteiger charge is 2.40. The first-order chi connectivity index (χ1) is 14.6. The maximum atomic E-state index is 14.1. The Morgan fingerprint density at radius 3 is 2.80 bits per heavy atom. The molecular weight excluding hydrogens is 387 g/mol. The Morgan fingerprint density at radius 2 is 1.93 bits per heavy atom. The van der Waals surface area contributed by atoms with Crippen LogP contribution in [0.15, 0.2) is 42.5 Å². The van der Waals surface area contributed by atoms with E-state index in [2.05, 4.69) is 0 Å². The number of carbonyl (C=O) groups excluding carboxylic acids is 2. The summed E-state index contributed by atoms with van der Waals surface area (Å²) >= 11 is 0. The molecule has 0 radical (unpaired) electrons. The average molecular weight is 410 g/mol. The smallest absolute Gasteiger partial charge is 0.256 e. The van der Waals surface area contributed by atoms with Crippen molar-refractivity contribution in [1.29, 1.82) is 0 Å². The molecule has 156 valence electrons. The summed E-state index contributed by atoms with van der Waals surface area (Å²) in [6.45, 7) is 1.79. The number of halogens is 1. The first kappa shape index (κ1) is 18.9. The zero-order chi connectivity index (χ0) is 20.7. The second-order valence-corrected chi connectivity index (χ2v) is 8.10. The molecule has 2 saturated heterocycles. The quantitative estimate of drug-likeness (QED) is 0.780. The van der Waals surface area contributed by atoms with Crippen LogP contribution in [-0.2, 0) is 11.3 Å². The van der Waals surface area contributed by atoms with Crippen LogP contribution in [0.5, 0.6) is 11.5 Å². The van der Waals surface area contributed by atoms with E-state index in [1.54, 1.807) is 17.0 Å². The summed E-state index contributed by atoms with van der Waals surface area (Å²) in [7, 11) is 0. The van der Waals surface area contributed by atoms with Crippen molar-refractivity contribution in [2.45, 2.75) is 31.8 Å². The van der Waals surface area contributed by atoms with Gasteiger partial charge in [-0.3, -0.25) is 9.59 Å². The predicted molar refractivity (Wildman–Crippen MR) is 107 cm³/mol. The molecule has 0 aliphatic carbocycles. The van der Waals surface area contributed by atoms with Gasteiger partial charge in [-0.15, -0.1) is 0 Å². The number of ether oxygens (including phenoxy) is 2. The molecule has 3 aliphatic heterocycles. The number of fused-ring (bicyclic) bond motifs is 2. The van der Waals surface area contributed by atoms with Crippen molar-refractivity contribution in [2.75, 3.05) is 19.9 Å². The zero-order valence-electron chi connectivity index (χ0n) is 16.6. The van der Waals surface area contributed by atoms with Crippen molar-refractivity contribution >= 4 is 11.8 Å². The van der Waals surface area contributed by atoms with E-state index in [9.17, 15) is 14.0 Å². The summed E-state index contributed by atoms with van der Waals surface area (Å²) in [4.78, 5) is 29.2. The van der Waals surface area contributed by atoms with Gasteiger partial charge >= 0.3 is 0 Å². The molecule has 2 aromatic rings. The first-order valence-electron chi connectivity index (χ1n) is 10.3. The van der Waals surface area contributed by atoms with Gasteiger partial charge in [-0.2, -0.15) is 0 Å². The summed E-state index contributed by atoms with van der Waals surface area (Å²) in [5, 5.41) is 0. The highest BCUT2D eigenvalue weighted by atomic mass is 19.1. The number of benzene rings is 2. The number of hydrogen-bond acceptors (Lipinski definition) is 4. The number of hydrogen-bond donors (Lipinski definition) is 0. The van der Waals surface area contributed by atoms with Gasteiger partial charge in [-0.05, 0) is 48.6 Å². The van der Waals surface area contributed by atoms with Gasteiger partial charge in [-0.1, -0.05) is 18.2 Å². The van der Waals surface area contributed by atoms with Crippen LogP contribution < -0.4 is 9.47 Å². The third-order valence-electron chi connectivity index (χ3n) is 6.32. The van der Waals surface area contributed by atoms with Crippen molar-refractivity contribution in [1.82, 2.24) is 9.80 Å². The van der Waals surface area contributed by atoms with Gasteiger partial charge in [0.1, 0.15) is 5.82 Å². The summed E-state index contributed by atoms with van der Waals surface area (Å²) in [5.41, 5.74) is 1.11. The third kappa shape index (κ3) is 3.38. The zero-order valence-corrected chi connectivity index (χ0v) is 16.6. The molecule has 2 aromatic carbocycles. The van der Waals surface area contributed by atoms with Crippen LogP contribution in [0.4, 0.5) is 4.39 Å². The fourth-order valence-corrected chi connectivity index (χ4v) is 4.78. The maximum Gasteiger partial charge on any atom is 0.256 e. The molecule has 2 atom stereocenters. The molecule has 2 amide bonds. The molecule has 0 saturated carbocycles. The Hall–Kier alpha value is -3.09. The molecule has 7 heteroatoms. The molecule has 2 fully saturated rings. The Bertz CT molecular complexity index is 995. The van der Waals surface area contributed by atoms with E-state index in [0.717, 1.165) is 17.7 Å². The Morgan fingerprint density at radius 1 is 1.10 bits per heavy atom. The maximum absolute atomic E-state index is 14.1. The summed E-state index contributed by atoms with van der Waals surface area (Å²) in [5.74, 6) is 1.00. The lowest BCUT2D eigenvalue weighted by Gasteiger charge is -2.47. The normalized spacial score (nSPS) is 22.8. The highest BCUT2D eigenvalue weighted by Crippen LogP contribution is 2.36. The van der Waals surface area contributed by atoms with E-state index in [1.165, 1.54) is 12.1 Å². The van der Waals surface area contributed by atoms with Crippen molar-refractivity contribution in [2.24, 2.45) is 5.92 Å². The van der Waals surface area contributed by atoms with Crippen molar-refractivity contribution in [3.63, 3.8) is 0 Å². The molecule has 6 nitrogen and oxygen atoms in total. The van der Waals surface area contributed by atoms with Crippen LogP contribution in [0.3, 0.4) is 0 Å². The molecule has 0 bridgehead atoms. The van der Waals surface area contributed by atoms with Gasteiger partial charge in [0.15, 0.2) is 11.5 Å². The fourth-order valence-electron chi connectivity index (χ4n) is 4.78. The number of likely N-dealkylation sites (tertiary alicyclic amines) is 2. The Labute approximate surface area is 174 Å². The van der Waals surface area contributed by atoms with E-state index in [0.29, 0.717) is 38.2 Å². The second kappa shape index (κ2) is 7.63.